The van der Waals surface area contributed by atoms with Crippen molar-refractivity contribution in [3.05, 3.63) is 12.2 Å². The van der Waals surface area contributed by atoms with Gasteiger partial charge in [0, 0.05) is 45.2 Å². The van der Waals surface area contributed by atoms with Crippen LogP contribution in [0, 0.1) is 5.41 Å². The number of hydrogen-bond acceptors (Lipinski definition) is 7. The van der Waals surface area contributed by atoms with Crippen molar-refractivity contribution in [1.29, 1.82) is 0 Å². The van der Waals surface area contributed by atoms with Crippen LogP contribution in [-0.2, 0) is 28.7 Å². The summed E-state index contributed by atoms with van der Waals surface area (Å²) in [6.45, 7) is 9.34. The number of carbonyl (C=O) groups is 4. The largest absolute Gasteiger partial charge is 0.481 e. The molecule has 0 fully saturated rings. The third-order valence-corrected chi connectivity index (χ3v) is 4.39. The van der Waals surface area contributed by atoms with Crippen LogP contribution in [0.1, 0.15) is 53.4 Å². The molecule has 0 radical (unpaired) electrons. The number of amides is 3. The molecule has 10 heteroatoms. The summed E-state index contributed by atoms with van der Waals surface area (Å²) in [6.07, 6.45) is 3.88. The zero-order chi connectivity index (χ0) is 24.8. The van der Waals surface area contributed by atoms with Crippen molar-refractivity contribution < 1.29 is 38.9 Å². The van der Waals surface area contributed by atoms with E-state index in [-0.39, 0.29) is 42.5 Å². The Bertz CT molecular complexity index is 635. The summed E-state index contributed by atoms with van der Waals surface area (Å²) in [7, 11) is 1.58. The van der Waals surface area contributed by atoms with Gasteiger partial charge in [-0.15, -0.1) is 0 Å². The Labute approximate surface area is 189 Å². The molecule has 1 rings (SSSR count). The molecule has 0 saturated carbocycles. The molecule has 3 N–H and O–H groups in total. The second-order valence-corrected chi connectivity index (χ2v) is 8.91. The second-order valence-electron chi connectivity index (χ2n) is 8.91. The fourth-order valence-electron chi connectivity index (χ4n) is 3.17. The Hall–Kier alpha value is -2.30. The van der Waals surface area contributed by atoms with E-state index in [0.717, 1.165) is 4.90 Å². The molecule has 1 aliphatic heterocycles. The van der Waals surface area contributed by atoms with Gasteiger partial charge >= 0.3 is 5.97 Å². The Morgan fingerprint density at radius 1 is 1.03 bits per heavy atom. The smallest absolute Gasteiger partial charge is 0.303 e. The third-order valence-electron chi connectivity index (χ3n) is 4.39. The number of hydrogen-bond donors (Lipinski definition) is 3. The number of carbonyl (C=O) groups excluding carboxylic acids is 3. The molecule has 1 heterocycles. The monoisotopic (exact) mass is 458 g/mol. The number of nitrogens with one attached hydrogen (secondary N) is 1. The van der Waals surface area contributed by atoms with Crippen LogP contribution in [0.15, 0.2) is 12.2 Å². The van der Waals surface area contributed by atoms with E-state index >= 15 is 0 Å². The van der Waals surface area contributed by atoms with Gasteiger partial charge in [0.2, 0.25) is 5.91 Å². The van der Waals surface area contributed by atoms with E-state index in [9.17, 15) is 24.3 Å². The van der Waals surface area contributed by atoms with Crippen molar-refractivity contribution in [2.24, 2.45) is 5.41 Å². The third kappa shape index (κ3) is 15.5. The van der Waals surface area contributed by atoms with Gasteiger partial charge in [-0.1, -0.05) is 13.8 Å². The molecule has 0 aromatic rings. The fourth-order valence-corrected chi connectivity index (χ4v) is 3.17. The Morgan fingerprint density at radius 2 is 1.62 bits per heavy atom. The number of aliphatic carboxylic acids is 1. The molecule has 0 aromatic heterocycles. The fraction of sp³-hybridized carbons (Fsp3) is 0.727. The van der Waals surface area contributed by atoms with Crippen LogP contribution in [0.25, 0.3) is 0 Å². The molecule has 0 aromatic carbocycles. The molecule has 0 unspecified atom stereocenters. The van der Waals surface area contributed by atoms with Crippen molar-refractivity contribution in [1.82, 2.24) is 10.2 Å². The summed E-state index contributed by atoms with van der Waals surface area (Å²) in [6, 6.07) is 0. The van der Waals surface area contributed by atoms with Gasteiger partial charge in [0.15, 0.2) is 0 Å². The van der Waals surface area contributed by atoms with E-state index in [1.807, 2.05) is 13.8 Å². The minimum absolute atomic E-state index is 0.0945. The summed E-state index contributed by atoms with van der Waals surface area (Å²) >= 11 is 0. The molecule has 10 nitrogen and oxygen atoms in total. The maximum absolute atomic E-state index is 11.4. The maximum Gasteiger partial charge on any atom is 0.303 e. The first kappa shape index (κ1) is 29.7. The predicted octanol–water partition coefficient (Wildman–Crippen LogP) is 1.12. The van der Waals surface area contributed by atoms with Crippen LogP contribution in [0.2, 0.25) is 0 Å². The van der Waals surface area contributed by atoms with Gasteiger partial charge in [0.25, 0.3) is 11.8 Å². The van der Waals surface area contributed by atoms with Gasteiger partial charge in [0.1, 0.15) is 0 Å². The first-order chi connectivity index (χ1) is 14.8. The van der Waals surface area contributed by atoms with Gasteiger partial charge in [-0.25, -0.2) is 0 Å². The van der Waals surface area contributed by atoms with Gasteiger partial charge in [-0.2, -0.15) is 0 Å². The van der Waals surface area contributed by atoms with Crippen LogP contribution >= 0.6 is 0 Å². The predicted molar refractivity (Wildman–Crippen MR) is 118 cm³/mol. The molecule has 0 saturated heterocycles. The standard InChI is InChI=1S/C12H18N2O5.C10H20O3/c1-18-8-9-19-7-5-13-10(15)4-6-14-11(16)2-3-12(14)17;1-9(2,6-5-8(11)12)7-10(3,4)13/h2-3H,4-9H2,1H3,(H,13,15);13H,5-7H2,1-4H3,(H,11,12). The number of nitrogens with zero attached hydrogens (tertiary/aromatic N) is 1. The minimum atomic E-state index is -0.774. The molecule has 3 amide bonds. The van der Waals surface area contributed by atoms with E-state index in [4.69, 9.17) is 14.6 Å². The first-order valence-corrected chi connectivity index (χ1v) is 10.6. The number of carboxylic acid groups (broad SMARTS) is 1. The molecular formula is C22H38N2O8. The number of aliphatic hydroxyl groups is 1. The van der Waals surface area contributed by atoms with E-state index in [0.29, 0.717) is 39.2 Å². The topological polar surface area (TPSA) is 142 Å². The molecular weight excluding hydrogens is 420 g/mol. The summed E-state index contributed by atoms with van der Waals surface area (Å²) in [5.41, 5.74) is -0.835. The van der Waals surface area contributed by atoms with E-state index < -0.39 is 11.6 Å². The normalized spacial score (nSPS) is 13.8. The highest BCUT2D eigenvalue weighted by atomic mass is 16.5. The minimum Gasteiger partial charge on any atom is -0.481 e. The number of ether oxygens (including phenoxy) is 2. The Balaban J connectivity index is 0.000000649. The second kappa shape index (κ2) is 14.7. The lowest BCUT2D eigenvalue weighted by molar-refractivity contribution is -0.139. The molecule has 1 aliphatic rings. The van der Waals surface area contributed by atoms with Crippen molar-refractivity contribution >= 4 is 23.7 Å². The van der Waals surface area contributed by atoms with Gasteiger partial charge < -0.3 is 25.0 Å². The van der Waals surface area contributed by atoms with Crippen LogP contribution in [0.5, 0.6) is 0 Å². The quantitative estimate of drug-likeness (QED) is 0.260. The average Bonchev–Trinajstić information content (AvgIpc) is 2.98. The summed E-state index contributed by atoms with van der Waals surface area (Å²) < 4.78 is 9.97. The lowest BCUT2D eigenvalue weighted by Gasteiger charge is -2.30. The maximum atomic E-state index is 11.4. The molecule has 184 valence electrons. The lowest BCUT2D eigenvalue weighted by Crippen LogP contribution is -2.35. The van der Waals surface area contributed by atoms with Gasteiger partial charge in [-0.3, -0.25) is 24.1 Å². The zero-order valence-electron chi connectivity index (χ0n) is 19.8. The van der Waals surface area contributed by atoms with E-state index in [2.05, 4.69) is 5.32 Å². The van der Waals surface area contributed by atoms with Gasteiger partial charge in [-0.05, 0) is 32.1 Å². The summed E-state index contributed by atoms with van der Waals surface area (Å²) in [4.78, 5) is 45.3. The van der Waals surface area contributed by atoms with E-state index in [1.165, 1.54) is 12.2 Å². The van der Waals surface area contributed by atoms with Gasteiger partial charge in [0.05, 0.1) is 25.4 Å². The molecule has 0 bridgehead atoms. The van der Waals surface area contributed by atoms with Crippen LogP contribution in [0.4, 0.5) is 0 Å². The highest BCUT2D eigenvalue weighted by molar-refractivity contribution is 6.13. The summed E-state index contributed by atoms with van der Waals surface area (Å²) in [5.74, 6) is -1.74. The molecule has 0 spiro atoms. The average molecular weight is 459 g/mol. The Kier molecular flexibility index (Phi) is 13.6. The highest BCUT2D eigenvalue weighted by Crippen LogP contribution is 2.32. The van der Waals surface area contributed by atoms with Crippen molar-refractivity contribution in [3.63, 3.8) is 0 Å². The lowest BCUT2D eigenvalue weighted by atomic mass is 9.78. The van der Waals surface area contributed by atoms with Crippen molar-refractivity contribution in [2.75, 3.05) is 40.0 Å². The Morgan fingerprint density at radius 3 is 2.12 bits per heavy atom. The van der Waals surface area contributed by atoms with Crippen LogP contribution < -0.4 is 5.32 Å². The van der Waals surface area contributed by atoms with E-state index in [1.54, 1.807) is 21.0 Å². The molecule has 0 aliphatic carbocycles. The van der Waals surface area contributed by atoms with Crippen molar-refractivity contribution in [2.45, 2.75) is 59.0 Å². The summed E-state index contributed by atoms with van der Waals surface area (Å²) in [5, 5.41) is 20.7. The van der Waals surface area contributed by atoms with Crippen LogP contribution in [0.3, 0.4) is 0 Å². The van der Waals surface area contributed by atoms with Crippen LogP contribution in [-0.4, -0.2) is 84.4 Å². The first-order valence-electron chi connectivity index (χ1n) is 10.6. The number of methoxy groups -OCH3 is 1. The number of imide groups is 1. The SMILES string of the molecule is CC(C)(O)CC(C)(C)CCC(=O)O.COCCOCCNC(=O)CCN1C(=O)C=CC1=O. The number of carboxylic acids is 1. The number of rotatable bonds is 14. The molecule has 32 heavy (non-hydrogen) atoms. The zero-order valence-corrected chi connectivity index (χ0v) is 19.8. The molecule has 0 atom stereocenters. The highest BCUT2D eigenvalue weighted by Gasteiger charge is 2.27. The van der Waals surface area contributed by atoms with Crippen molar-refractivity contribution in [3.8, 4) is 0 Å².